The van der Waals surface area contributed by atoms with E-state index >= 15 is 0 Å². The zero-order valence-electron chi connectivity index (χ0n) is 12.3. The Morgan fingerprint density at radius 1 is 1.45 bits per heavy atom. The second kappa shape index (κ2) is 7.04. The van der Waals surface area contributed by atoms with Crippen molar-refractivity contribution < 1.29 is 19.1 Å². The first-order valence-electron chi connectivity index (χ1n) is 7.30. The van der Waals surface area contributed by atoms with Gasteiger partial charge in [0.2, 0.25) is 11.8 Å². The summed E-state index contributed by atoms with van der Waals surface area (Å²) in [6.07, 6.45) is 1.73. The molecule has 2 aliphatic heterocycles. The van der Waals surface area contributed by atoms with Gasteiger partial charge in [-0.3, -0.25) is 9.59 Å². The lowest BCUT2D eigenvalue weighted by Gasteiger charge is -2.38. The SMILES string of the molecule is COCCN1CCN(C(=O)[C@H]2CCCO[C@H]2C)CC1=O. The summed E-state index contributed by atoms with van der Waals surface area (Å²) >= 11 is 0. The molecule has 6 nitrogen and oxygen atoms in total. The Morgan fingerprint density at radius 2 is 2.25 bits per heavy atom. The maximum Gasteiger partial charge on any atom is 0.242 e. The summed E-state index contributed by atoms with van der Waals surface area (Å²) in [6.45, 7) is 5.19. The Kier molecular flexibility index (Phi) is 5.37. The van der Waals surface area contributed by atoms with Crippen LogP contribution >= 0.6 is 0 Å². The first kappa shape index (κ1) is 15.3. The van der Waals surface area contributed by atoms with Crippen LogP contribution in [0.1, 0.15) is 19.8 Å². The van der Waals surface area contributed by atoms with Crippen molar-refractivity contribution in [3.63, 3.8) is 0 Å². The van der Waals surface area contributed by atoms with Gasteiger partial charge in [0.1, 0.15) is 0 Å². The topological polar surface area (TPSA) is 59.1 Å². The fraction of sp³-hybridized carbons (Fsp3) is 0.857. The molecule has 0 aliphatic carbocycles. The van der Waals surface area contributed by atoms with E-state index in [2.05, 4.69) is 0 Å². The van der Waals surface area contributed by atoms with Gasteiger partial charge in [-0.1, -0.05) is 0 Å². The molecule has 0 radical (unpaired) electrons. The summed E-state index contributed by atoms with van der Waals surface area (Å²) in [4.78, 5) is 27.9. The molecule has 0 saturated carbocycles. The van der Waals surface area contributed by atoms with Crippen LogP contribution in [0.4, 0.5) is 0 Å². The third-order valence-electron chi connectivity index (χ3n) is 4.12. The summed E-state index contributed by atoms with van der Waals surface area (Å²) in [5.41, 5.74) is 0. The summed E-state index contributed by atoms with van der Waals surface area (Å²) < 4.78 is 10.5. The largest absolute Gasteiger partial charge is 0.383 e. The molecule has 2 amide bonds. The van der Waals surface area contributed by atoms with E-state index in [4.69, 9.17) is 9.47 Å². The summed E-state index contributed by atoms with van der Waals surface area (Å²) in [6, 6.07) is 0. The van der Waals surface area contributed by atoms with Gasteiger partial charge < -0.3 is 19.3 Å². The van der Waals surface area contributed by atoms with Crippen molar-refractivity contribution in [3.8, 4) is 0 Å². The van der Waals surface area contributed by atoms with Crippen molar-refractivity contribution in [1.29, 1.82) is 0 Å². The van der Waals surface area contributed by atoms with Crippen molar-refractivity contribution in [2.75, 3.05) is 46.5 Å². The highest BCUT2D eigenvalue weighted by atomic mass is 16.5. The van der Waals surface area contributed by atoms with Gasteiger partial charge in [0.05, 0.1) is 25.2 Å². The highest BCUT2D eigenvalue weighted by molar-refractivity contribution is 5.87. The van der Waals surface area contributed by atoms with Crippen molar-refractivity contribution in [1.82, 2.24) is 9.80 Å². The third kappa shape index (κ3) is 3.49. The standard InChI is InChI=1S/C14H24N2O4/c1-11-12(4-3-8-20-11)14(18)16-6-5-15(7-9-19-2)13(17)10-16/h11-12H,3-10H2,1-2H3/t11-,12-/m0/s1. The van der Waals surface area contributed by atoms with Crippen LogP contribution in [0.25, 0.3) is 0 Å². The highest BCUT2D eigenvalue weighted by Gasteiger charge is 2.35. The maximum atomic E-state index is 12.5. The molecule has 20 heavy (non-hydrogen) atoms. The van der Waals surface area contributed by atoms with Gasteiger partial charge in [0.25, 0.3) is 0 Å². The molecule has 2 atom stereocenters. The average molecular weight is 284 g/mol. The van der Waals surface area contributed by atoms with E-state index in [1.54, 1.807) is 16.9 Å². The molecule has 0 aromatic heterocycles. The molecule has 0 N–H and O–H groups in total. The minimum Gasteiger partial charge on any atom is -0.383 e. The van der Waals surface area contributed by atoms with Crippen molar-refractivity contribution in [3.05, 3.63) is 0 Å². The molecule has 2 saturated heterocycles. The van der Waals surface area contributed by atoms with E-state index < -0.39 is 0 Å². The molecule has 2 fully saturated rings. The monoisotopic (exact) mass is 284 g/mol. The Morgan fingerprint density at radius 3 is 2.90 bits per heavy atom. The smallest absolute Gasteiger partial charge is 0.242 e. The molecule has 0 aromatic rings. The Balaban J connectivity index is 1.88. The minimum absolute atomic E-state index is 0.00558. The molecule has 6 heteroatoms. The molecule has 2 aliphatic rings. The fourth-order valence-corrected chi connectivity index (χ4v) is 2.82. The number of ether oxygens (including phenoxy) is 2. The summed E-state index contributed by atoms with van der Waals surface area (Å²) in [5.74, 6) is -0.0231. The van der Waals surface area contributed by atoms with Gasteiger partial charge in [-0.15, -0.1) is 0 Å². The number of rotatable bonds is 4. The van der Waals surface area contributed by atoms with Crippen LogP contribution in [0, 0.1) is 5.92 Å². The van der Waals surface area contributed by atoms with E-state index in [1.165, 1.54) is 0 Å². The highest BCUT2D eigenvalue weighted by Crippen LogP contribution is 2.23. The lowest BCUT2D eigenvalue weighted by Crippen LogP contribution is -2.55. The van der Waals surface area contributed by atoms with Gasteiger partial charge >= 0.3 is 0 Å². The van der Waals surface area contributed by atoms with Crippen molar-refractivity contribution >= 4 is 11.8 Å². The van der Waals surface area contributed by atoms with E-state index in [0.29, 0.717) is 26.2 Å². The number of amides is 2. The number of hydrogen-bond acceptors (Lipinski definition) is 4. The molecule has 0 unspecified atom stereocenters. The van der Waals surface area contributed by atoms with Crippen LogP contribution in [0.2, 0.25) is 0 Å². The normalized spacial score (nSPS) is 27.8. The Labute approximate surface area is 120 Å². The quantitative estimate of drug-likeness (QED) is 0.736. The van der Waals surface area contributed by atoms with Gasteiger partial charge in [-0.05, 0) is 19.8 Å². The van der Waals surface area contributed by atoms with Crippen molar-refractivity contribution in [2.24, 2.45) is 5.92 Å². The number of piperazine rings is 1. The number of hydrogen-bond donors (Lipinski definition) is 0. The predicted molar refractivity (Wildman–Crippen MR) is 73.2 cm³/mol. The molecular formula is C14H24N2O4. The molecular weight excluding hydrogens is 260 g/mol. The summed E-state index contributed by atoms with van der Waals surface area (Å²) in [7, 11) is 1.62. The first-order valence-corrected chi connectivity index (χ1v) is 7.30. The second-order valence-electron chi connectivity index (χ2n) is 5.46. The molecule has 0 spiro atoms. The first-order chi connectivity index (χ1) is 9.63. The average Bonchev–Trinajstić information content (AvgIpc) is 2.46. The van der Waals surface area contributed by atoms with Gasteiger partial charge in [-0.25, -0.2) is 0 Å². The van der Waals surface area contributed by atoms with Gasteiger partial charge in [0, 0.05) is 33.4 Å². The molecule has 2 rings (SSSR count). The lowest BCUT2D eigenvalue weighted by atomic mass is 9.93. The van der Waals surface area contributed by atoms with Crippen LogP contribution in [-0.2, 0) is 19.1 Å². The van der Waals surface area contributed by atoms with E-state index in [1.807, 2.05) is 6.92 Å². The van der Waals surface area contributed by atoms with Crippen LogP contribution in [-0.4, -0.2) is 74.2 Å². The number of carbonyl (C=O) groups is 2. The van der Waals surface area contributed by atoms with Crippen LogP contribution < -0.4 is 0 Å². The Hall–Kier alpha value is -1.14. The molecule has 0 aromatic carbocycles. The van der Waals surface area contributed by atoms with Crippen LogP contribution in [0.15, 0.2) is 0 Å². The summed E-state index contributed by atoms with van der Waals surface area (Å²) in [5, 5.41) is 0. The number of nitrogens with zero attached hydrogens (tertiary/aromatic N) is 2. The fourth-order valence-electron chi connectivity index (χ4n) is 2.82. The van der Waals surface area contributed by atoms with E-state index in [-0.39, 0.29) is 30.4 Å². The molecule has 0 bridgehead atoms. The second-order valence-corrected chi connectivity index (χ2v) is 5.46. The third-order valence-corrected chi connectivity index (χ3v) is 4.12. The van der Waals surface area contributed by atoms with Gasteiger partial charge in [-0.2, -0.15) is 0 Å². The minimum atomic E-state index is -0.0953. The Bertz CT molecular complexity index is 361. The molecule has 114 valence electrons. The van der Waals surface area contributed by atoms with Crippen molar-refractivity contribution in [2.45, 2.75) is 25.9 Å². The van der Waals surface area contributed by atoms with E-state index in [9.17, 15) is 9.59 Å². The zero-order chi connectivity index (χ0) is 14.5. The zero-order valence-corrected chi connectivity index (χ0v) is 12.3. The maximum absolute atomic E-state index is 12.5. The van der Waals surface area contributed by atoms with Crippen LogP contribution in [0.3, 0.4) is 0 Å². The number of methoxy groups -OCH3 is 1. The van der Waals surface area contributed by atoms with Crippen LogP contribution in [0.5, 0.6) is 0 Å². The molecule has 2 heterocycles. The number of carbonyl (C=O) groups excluding carboxylic acids is 2. The van der Waals surface area contributed by atoms with E-state index in [0.717, 1.165) is 19.4 Å². The lowest BCUT2D eigenvalue weighted by molar-refractivity contribution is -0.153. The predicted octanol–water partition coefficient (Wildman–Crippen LogP) is 0.119. The van der Waals surface area contributed by atoms with Gasteiger partial charge in [0.15, 0.2) is 0 Å².